The summed E-state index contributed by atoms with van der Waals surface area (Å²) < 4.78 is 3.52. The van der Waals surface area contributed by atoms with Gasteiger partial charge in [-0.2, -0.15) is 0 Å². The third-order valence-corrected chi connectivity index (χ3v) is 5.80. The number of nitrogens with zero attached hydrogens (tertiary/aromatic N) is 3. The number of hydrogen-bond acceptors (Lipinski definition) is 5. The molecule has 4 nitrogen and oxygen atoms in total. The Labute approximate surface area is 126 Å². The molecule has 20 heavy (non-hydrogen) atoms. The third kappa shape index (κ3) is 2.27. The van der Waals surface area contributed by atoms with Gasteiger partial charge in [-0.1, -0.05) is 13.8 Å². The van der Waals surface area contributed by atoms with E-state index in [2.05, 4.69) is 46.5 Å². The number of aryl methyl sites for hydroxylation is 1. The van der Waals surface area contributed by atoms with Crippen LogP contribution in [0.5, 0.6) is 0 Å². The Morgan fingerprint density at radius 1 is 1.45 bits per heavy atom. The summed E-state index contributed by atoms with van der Waals surface area (Å²) in [4.78, 5) is 10.3. The molecule has 0 radical (unpaired) electrons. The second-order valence-electron chi connectivity index (χ2n) is 5.23. The van der Waals surface area contributed by atoms with Crippen LogP contribution in [-0.2, 0) is 0 Å². The monoisotopic (exact) mass is 306 g/mol. The highest BCUT2D eigenvalue weighted by atomic mass is 32.2. The van der Waals surface area contributed by atoms with E-state index in [0.717, 1.165) is 28.4 Å². The molecular weight excluding hydrogens is 288 g/mol. The summed E-state index contributed by atoms with van der Waals surface area (Å²) in [5.74, 6) is 2.67. The molecule has 3 heterocycles. The van der Waals surface area contributed by atoms with Crippen LogP contribution in [0.3, 0.4) is 0 Å². The minimum atomic E-state index is 0.695. The number of nitrogens with one attached hydrogen (secondary N) is 1. The average Bonchev–Trinajstić information content (AvgIpc) is 2.98. The fourth-order valence-corrected chi connectivity index (χ4v) is 4.37. The molecule has 0 bridgehead atoms. The molecule has 6 heteroatoms. The Morgan fingerprint density at radius 3 is 2.95 bits per heavy atom. The van der Waals surface area contributed by atoms with Gasteiger partial charge in [0.1, 0.15) is 10.3 Å². The first-order valence-electron chi connectivity index (χ1n) is 6.68. The number of aromatic nitrogens is 3. The van der Waals surface area contributed by atoms with Crippen molar-refractivity contribution in [2.75, 3.05) is 18.1 Å². The molecule has 3 rings (SSSR count). The summed E-state index contributed by atoms with van der Waals surface area (Å²) in [6.07, 6.45) is 1.90. The SMILES string of the molecule is CNc1nc2cc(SCC(C)C)sc2n2c(C)cnc12. The van der Waals surface area contributed by atoms with Gasteiger partial charge in [0, 0.05) is 24.7 Å². The van der Waals surface area contributed by atoms with E-state index in [1.165, 1.54) is 9.04 Å². The molecule has 0 saturated heterocycles. The van der Waals surface area contributed by atoms with Crippen LogP contribution in [0.25, 0.3) is 16.0 Å². The van der Waals surface area contributed by atoms with Crippen LogP contribution in [0.4, 0.5) is 5.82 Å². The number of rotatable bonds is 4. The molecule has 0 aliphatic carbocycles. The van der Waals surface area contributed by atoms with Crippen molar-refractivity contribution in [2.45, 2.75) is 25.0 Å². The second-order valence-corrected chi connectivity index (χ2v) is 7.58. The van der Waals surface area contributed by atoms with E-state index in [0.29, 0.717) is 5.92 Å². The van der Waals surface area contributed by atoms with Crippen LogP contribution >= 0.6 is 23.1 Å². The average molecular weight is 306 g/mol. The Hall–Kier alpha value is -1.27. The smallest absolute Gasteiger partial charge is 0.181 e. The molecule has 0 aliphatic heterocycles. The van der Waals surface area contributed by atoms with Gasteiger partial charge in [-0.25, -0.2) is 9.97 Å². The largest absolute Gasteiger partial charge is 0.370 e. The number of hydrogen-bond donors (Lipinski definition) is 1. The van der Waals surface area contributed by atoms with Gasteiger partial charge in [0.2, 0.25) is 0 Å². The first kappa shape index (κ1) is 13.7. The lowest BCUT2D eigenvalue weighted by Gasteiger charge is -2.04. The summed E-state index contributed by atoms with van der Waals surface area (Å²) in [6.45, 7) is 6.57. The lowest BCUT2D eigenvalue weighted by atomic mass is 10.3. The topological polar surface area (TPSA) is 42.2 Å². The van der Waals surface area contributed by atoms with Crippen LogP contribution in [0, 0.1) is 12.8 Å². The van der Waals surface area contributed by atoms with Gasteiger partial charge < -0.3 is 5.32 Å². The van der Waals surface area contributed by atoms with Gasteiger partial charge in [-0.3, -0.25) is 4.40 Å². The second kappa shape index (κ2) is 5.26. The van der Waals surface area contributed by atoms with Crippen LogP contribution < -0.4 is 5.32 Å². The number of thioether (sulfide) groups is 1. The van der Waals surface area contributed by atoms with Crippen molar-refractivity contribution in [1.29, 1.82) is 0 Å². The maximum Gasteiger partial charge on any atom is 0.181 e. The highest BCUT2D eigenvalue weighted by molar-refractivity contribution is 8.01. The summed E-state index contributed by atoms with van der Waals surface area (Å²) in [5.41, 5.74) is 3.09. The Kier molecular flexibility index (Phi) is 3.60. The molecule has 106 valence electrons. The van der Waals surface area contributed by atoms with Gasteiger partial charge in [-0.05, 0) is 18.9 Å². The molecule has 0 spiro atoms. The van der Waals surface area contributed by atoms with Gasteiger partial charge >= 0.3 is 0 Å². The highest BCUT2D eigenvalue weighted by Crippen LogP contribution is 2.35. The molecule has 0 saturated carbocycles. The molecule has 3 aromatic heterocycles. The van der Waals surface area contributed by atoms with E-state index in [1.807, 2.05) is 25.0 Å². The highest BCUT2D eigenvalue weighted by Gasteiger charge is 2.14. The zero-order valence-electron chi connectivity index (χ0n) is 12.1. The van der Waals surface area contributed by atoms with Crippen LogP contribution in [0.15, 0.2) is 16.5 Å². The fraction of sp³-hybridized carbons (Fsp3) is 0.429. The number of fused-ring (bicyclic) bond motifs is 3. The summed E-state index contributed by atoms with van der Waals surface area (Å²) >= 11 is 3.71. The standard InChI is InChI=1S/C14H18N4S2/c1-8(2)7-19-11-5-10-14(20-11)18-9(3)6-16-13(18)12(15-4)17-10/h5-6,8H,7H2,1-4H3,(H,15,17). The number of thiophene rings is 1. The first-order valence-corrected chi connectivity index (χ1v) is 8.48. The fourth-order valence-electron chi connectivity index (χ4n) is 2.11. The molecule has 0 aliphatic rings. The van der Waals surface area contributed by atoms with Crippen molar-refractivity contribution in [2.24, 2.45) is 5.92 Å². The first-order chi connectivity index (χ1) is 9.60. The maximum absolute atomic E-state index is 4.69. The third-order valence-electron chi connectivity index (χ3n) is 3.05. The zero-order valence-corrected chi connectivity index (χ0v) is 13.7. The summed E-state index contributed by atoms with van der Waals surface area (Å²) in [7, 11) is 1.89. The predicted octanol–water partition coefficient (Wildman–Crippen LogP) is 4.04. The van der Waals surface area contributed by atoms with Crippen LogP contribution in [0.2, 0.25) is 0 Å². The maximum atomic E-state index is 4.69. The minimum Gasteiger partial charge on any atom is -0.370 e. The zero-order chi connectivity index (χ0) is 14.3. The molecule has 1 N–H and O–H groups in total. The predicted molar refractivity (Wildman–Crippen MR) is 88.2 cm³/mol. The van der Waals surface area contributed by atoms with Crippen molar-refractivity contribution in [1.82, 2.24) is 14.4 Å². The lowest BCUT2D eigenvalue weighted by molar-refractivity contribution is 0.750. The van der Waals surface area contributed by atoms with Gasteiger partial charge in [0.15, 0.2) is 11.5 Å². The van der Waals surface area contributed by atoms with Crippen molar-refractivity contribution in [3.63, 3.8) is 0 Å². The van der Waals surface area contributed by atoms with Crippen molar-refractivity contribution < 1.29 is 0 Å². The lowest BCUT2D eigenvalue weighted by Crippen LogP contribution is -1.98. The number of anilines is 1. The van der Waals surface area contributed by atoms with E-state index in [1.54, 1.807) is 11.3 Å². The minimum absolute atomic E-state index is 0.695. The molecule has 0 aromatic carbocycles. The van der Waals surface area contributed by atoms with E-state index < -0.39 is 0 Å². The van der Waals surface area contributed by atoms with Crippen molar-refractivity contribution >= 4 is 44.9 Å². The van der Waals surface area contributed by atoms with Gasteiger partial charge in [0.25, 0.3) is 0 Å². The normalized spacial score (nSPS) is 11.8. The Balaban J connectivity index is 2.17. The molecule has 0 amide bonds. The Morgan fingerprint density at radius 2 is 2.25 bits per heavy atom. The molecular formula is C14H18N4S2. The van der Waals surface area contributed by atoms with Crippen molar-refractivity contribution in [3.8, 4) is 0 Å². The van der Waals surface area contributed by atoms with E-state index >= 15 is 0 Å². The number of imidazole rings is 1. The molecule has 0 fully saturated rings. The van der Waals surface area contributed by atoms with E-state index in [9.17, 15) is 0 Å². The van der Waals surface area contributed by atoms with Crippen LogP contribution in [0.1, 0.15) is 19.5 Å². The molecule has 0 unspecified atom stereocenters. The summed E-state index contributed by atoms with van der Waals surface area (Å²) in [6, 6.07) is 2.19. The Bertz CT molecular complexity index is 757. The van der Waals surface area contributed by atoms with Crippen molar-refractivity contribution in [3.05, 3.63) is 18.0 Å². The van der Waals surface area contributed by atoms with E-state index in [4.69, 9.17) is 0 Å². The molecule has 3 aromatic rings. The van der Waals surface area contributed by atoms with Crippen LogP contribution in [-0.4, -0.2) is 27.2 Å². The van der Waals surface area contributed by atoms with Gasteiger partial charge in [-0.15, -0.1) is 23.1 Å². The molecule has 0 atom stereocenters. The summed E-state index contributed by atoms with van der Waals surface area (Å²) in [5, 5.41) is 3.14. The quantitative estimate of drug-likeness (QED) is 0.739. The van der Waals surface area contributed by atoms with Gasteiger partial charge in [0.05, 0.1) is 4.21 Å². The van der Waals surface area contributed by atoms with E-state index in [-0.39, 0.29) is 0 Å².